The van der Waals surface area contributed by atoms with Crippen LogP contribution >= 0.6 is 0 Å². The molecule has 1 saturated heterocycles. The molecule has 0 radical (unpaired) electrons. The summed E-state index contributed by atoms with van der Waals surface area (Å²) in [4.78, 5) is 25.6. The molecule has 144 valence electrons. The molecule has 8 nitrogen and oxygen atoms in total. The highest BCUT2D eigenvalue weighted by Crippen LogP contribution is 2.25. The van der Waals surface area contributed by atoms with Gasteiger partial charge < -0.3 is 14.7 Å². The molecule has 2 unspecified atom stereocenters. The van der Waals surface area contributed by atoms with E-state index in [9.17, 15) is 23.1 Å². The number of benzene rings is 1. The third-order valence-corrected chi connectivity index (χ3v) is 5.86. The first-order valence-electron chi connectivity index (χ1n) is 8.38. The van der Waals surface area contributed by atoms with Gasteiger partial charge in [0.05, 0.1) is 11.5 Å². The minimum atomic E-state index is -3.77. The second-order valence-corrected chi connectivity index (χ2v) is 8.17. The summed E-state index contributed by atoms with van der Waals surface area (Å²) in [6.45, 7) is 2.63. The second kappa shape index (κ2) is 8.61. The van der Waals surface area contributed by atoms with Crippen molar-refractivity contribution in [3.05, 3.63) is 29.8 Å². The number of hydrogen-bond donors (Lipinski definition) is 2. The van der Waals surface area contributed by atoms with Gasteiger partial charge in [-0.05, 0) is 37.0 Å². The summed E-state index contributed by atoms with van der Waals surface area (Å²) in [7, 11) is -2.31. The molecule has 9 heteroatoms. The lowest BCUT2D eigenvalue weighted by Gasteiger charge is -2.36. The number of carboxylic acid groups (broad SMARTS) is 1. The number of likely N-dealkylation sites (tertiary alicyclic amines) is 1. The first-order valence-corrected chi connectivity index (χ1v) is 9.87. The van der Waals surface area contributed by atoms with Crippen LogP contribution in [0.15, 0.2) is 29.2 Å². The van der Waals surface area contributed by atoms with E-state index in [0.29, 0.717) is 19.4 Å². The van der Waals surface area contributed by atoms with E-state index < -0.39 is 27.9 Å². The molecule has 1 amide bonds. The molecule has 26 heavy (non-hydrogen) atoms. The summed E-state index contributed by atoms with van der Waals surface area (Å²) < 4.78 is 31.8. The maximum atomic E-state index is 12.8. The summed E-state index contributed by atoms with van der Waals surface area (Å²) in [5, 5.41) is 9.41. The van der Waals surface area contributed by atoms with Crippen LogP contribution in [0.25, 0.3) is 0 Å². The standard InChI is InChI=1S/C17H24N2O6S/c1-12-6-8-19(15(10-12)17(21)22)16(20)13-4-3-5-14(11-13)26(23,24)18-7-9-25-2/h3-5,11-12,15,18H,6-10H2,1-2H3,(H,21,22). The Balaban J connectivity index is 2.23. The molecule has 1 heterocycles. The lowest BCUT2D eigenvalue weighted by atomic mass is 9.92. The number of sulfonamides is 1. The van der Waals surface area contributed by atoms with Crippen molar-refractivity contribution in [3.8, 4) is 0 Å². The van der Waals surface area contributed by atoms with Crippen molar-refractivity contribution >= 4 is 21.9 Å². The van der Waals surface area contributed by atoms with Crippen LogP contribution in [0.5, 0.6) is 0 Å². The van der Waals surface area contributed by atoms with Crippen LogP contribution in [0.3, 0.4) is 0 Å². The number of methoxy groups -OCH3 is 1. The summed E-state index contributed by atoms with van der Waals surface area (Å²) in [6, 6.07) is 4.73. The molecular weight excluding hydrogens is 360 g/mol. The van der Waals surface area contributed by atoms with Crippen molar-refractivity contribution in [2.75, 3.05) is 26.8 Å². The number of carbonyl (C=O) groups excluding carboxylic acids is 1. The van der Waals surface area contributed by atoms with Crippen LogP contribution in [-0.2, 0) is 19.6 Å². The quantitative estimate of drug-likeness (QED) is 0.677. The molecule has 2 rings (SSSR count). The van der Waals surface area contributed by atoms with E-state index >= 15 is 0 Å². The number of aliphatic carboxylic acids is 1. The molecule has 2 atom stereocenters. The summed E-state index contributed by atoms with van der Waals surface area (Å²) in [5.41, 5.74) is 0.153. The van der Waals surface area contributed by atoms with Crippen LogP contribution in [0.2, 0.25) is 0 Å². The predicted octanol–water partition coefficient (Wildman–Crippen LogP) is 0.937. The van der Waals surface area contributed by atoms with E-state index in [1.54, 1.807) is 0 Å². The third-order valence-electron chi connectivity index (χ3n) is 4.40. The number of amides is 1. The molecule has 0 aromatic heterocycles. The van der Waals surface area contributed by atoms with Gasteiger partial charge in [0.25, 0.3) is 5.91 Å². The van der Waals surface area contributed by atoms with E-state index in [4.69, 9.17) is 4.74 Å². The Kier molecular flexibility index (Phi) is 6.74. The lowest BCUT2D eigenvalue weighted by Crippen LogP contribution is -2.49. The van der Waals surface area contributed by atoms with Gasteiger partial charge in [0.15, 0.2) is 0 Å². The normalized spacial score (nSPS) is 20.8. The van der Waals surface area contributed by atoms with Crippen LogP contribution in [0.4, 0.5) is 0 Å². The van der Waals surface area contributed by atoms with Gasteiger partial charge in [0.2, 0.25) is 10.0 Å². The van der Waals surface area contributed by atoms with Crippen LogP contribution in [-0.4, -0.2) is 63.1 Å². The van der Waals surface area contributed by atoms with Crippen LogP contribution < -0.4 is 4.72 Å². The fourth-order valence-corrected chi connectivity index (χ4v) is 4.00. The SMILES string of the molecule is COCCNS(=O)(=O)c1cccc(C(=O)N2CCC(C)CC2C(=O)O)c1. The van der Waals surface area contributed by atoms with E-state index in [-0.39, 0.29) is 29.5 Å². The van der Waals surface area contributed by atoms with Crippen LogP contribution in [0.1, 0.15) is 30.1 Å². The molecule has 1 fully saturated rings. The number of hydrogen-bond acceptors (Lipinski definition) is 5. The smallest absolute Gasteiger partial charge is 0.326 e. The minimum Gasteiger partial charge on any atom is -0.480 e. The summed E-state index contributed by atoms with van der Waals surface area (Å²) in [5.74, 6) is -1.30. The Morgan fingerprint density at radius 3 is 2.77 bits per heavy atom. The number of ether oxygens (including phenoxy) is 1. The van der Waals surface area contributed by atoms with Crippen molar-refractivity contribution in [2.45, 2.75) is 30.7 Å². The van der Waals surface area contributed by atoms with E-state index in [1.165, 1.54) is 36.3 Å². The van der Waals surface area contributed by atoms with Gasteiger partial charge >= 0.3 is 5.97 Å². The van der Waals surface area contributed by atoms with Crippen molar-refractivity contribution in [1.29, 1.82) is 0 Å². The number of nitrogens with one attached hydrogen (secondary N) is 1. The largest absolute Gasteiger partial charge is 0.480 e. The lowest BCUT2D eigenvalue weighted by molar-refractivity contribution is -0.144. The zero-order valence-corrected chi connectivity index (χ0v) is 15.7. The minimum absolute atomic E-state index is 0.0447. The summed E-state index contributed by atoms with van der Waals surface area (Å²) in [6.07, 6.45) is 1.10. The van der Waals surface area contributed by atoms with E-state index in [2.05, 4.69) is 4.72 Å². The zero-order valence-electron chi connectivity index (χ0n) is 14.8. The van der Waals surface area contributed by atoms with Gasteiger partial charge in [-0.2, -0.15) is 0 Å². The maximum Gasteiger partial charge on any atom is 0.326 e. The first kappa shape index (κ1) is 20.3. The average Bonchev–Trinajstić information content (AvgIpc) is 2.61. The molecule has 0 spiro atoms. The van der Waals surface area contributed by atoms with Gasteiger partial charge in [-0.25, -0.2) is 17.9 Å². The van der Waals surface area contributed by atoms with Crippen molar-refractivity contribution in [3.63, 3.8) is 0 Å². The molecular formula is C17H24N2O6S. The topological polar surface area (TPSA) is 113 Å². The fourth-order valence-electron chi connectivity index (χ4n) is 2.94. The monoisotopic (exact) mass is 384 g/mol. The van der Waals surface area contributed by atoms with E-state index in [0.717, 1.165) is 0 Å². The van der Waals surface area contributed by atoms with Crippen LogP contribution in [0, 0.1) is 5.92 Å². The molecule has 2 N–H and O–H groups in total. The van der Waals surface area contributed by atoms with Crippen molar-refractivity contribution < 1.29 is 27.9 Å². The van der Waals surface area contributed by atoms with Gasteiger partial charge in [0.1, 0.15) is 6.04 Å². The predicted molar refractivity (Wildman–Crippen MR) is 94.4 cm³/mol. The molecule has 1 aliphatic rings. The number of piperidine rings is 1. The van der Waals surface area contributed by atoms with Crippen molar-refractivity contribution in [1.82, 2.24) is 9.62 Å². The Bertz CT molecular complexity index is 764. The number of nitrogens with zero attached hydrogens (tertiary/aromatic N) is 1. The zero-order chi connectivity index (χ0) is 19.3. The Morgan fingerprint density at radius 2 is 2.12 bits per heavy atom. The number of rotatable bonds is 7. The highest BCUT2D eigenvalue weighted by atomic mass is 32.2. The third kappa shape index (κ3) is 4.80. The highest BCUT2D eigenvalue weighted by Gasteiger charge is 2.35. The van der Waals surface area contributed by atoms with E-state index in [1.807, 2.05) is 6.92 Å². The maximum absolute atomic E-state index is 12.8. The molecule has 1 aliphatic heterocycles. The Labute approximate surface area is 153 Å². The average molecular weight is 384 g/mol. The van der Waals surface area contributed by atoms with Gasteiger partial charge in [-0.15, -0.1) is 0 Å². The molecule has 0 saturated carbocycles. The molecule has 1 aromatic carbocycles. The first-order chi connectivity index (χ1) is 12.3. The van der Waals surface area contributed by atoms with Crippen molar-refractivity contribution in [2.24, 2.45) is 5.92 Å². The van der Waals surface area contributed by atoms with Gasteiger partial charge in [-0.1, -0.05) is 13.0 Å². The Hall–Kier alpha value is -1.97. The summed E-state index contributed by atoms with van der Waals surface area (Å²) >= 11 is 0. The molecule has 0 aliphatic carbocycles. The fraction of sp³-hybridized carbons (Fsp3) is 0.529. The highest BCUT2D eigenvalue weighted by molar-refractivity contribution is 7.89. The number of carboxylic acids is 1. The number of carbonyl (C=O) groups is 2. The second-order valence-electron chi connectivity index (χ2n) is 6.40. The molecule has 0 bridgehead atoms. The van der Waals surface area contributed by atoms with Gasteiger partial charge in [-0.3, -0.25) is 4.79 Å². The molecule has 1 aromatic rings. The van der Waals surface area contributed by atoms with Gasteiger partial charge in [0, 0.05) is 25.8 Å². The Morgan fingerprint density at radius 1 is 1.38 bits per heavy atom.